The molecular formula is C9H14BrNO2. The second-order valence-corrected chi connectivity index (χ2v) is 5.18. The molecule has 74 valence electrons. The van der Waals surface area contributed by atoms with E-state index in [4.69, 9.17) is 0 Å². The monoisotopic (exact) mass is 247 g/mol. The number of piperidine rings is 1. The summed E-state index contributed by atoms with van der Waals surface area (Å²) in [6, 6.07) is 0.491. The van der Waals surface area contributed by atoms with Crippen LogP contribution in [0, 0.1) is 0 Å². The fourth-order valence-corrected chi connectivity index (χ4v) is 3.78. The van der Waals surface area contributed by atoms with Crippen LogP contribution in [-0.4, -0.2) is 39.4 Å². The molecule has 2 bridgehead atoms. The zero-order chi connectivity index (χ0) is 9.64. The van der Waals surface area contributed by atoms with Crippen LogP contribution in [0.3, 0.4) is 0 Å². The largest absolute Gasteiger partial charge is 0.480 e. The van der Waals surface area contributed by atoms with Crippen molar-refractivity contribution in [3.63, 3.8) is 0 Å². The Labute approximate surface area is 86.2 Å². The number of likely N-dealkylation sites (N-methyl/N-ethyl adjacent to an activating group) is 1. The van der Waals surface area contributed by atoms with Gasteiger partial charge >= 0.3 is 5.97 Å². The van der Waals surface area contributed by atoms with Gasteiger partial charge in [0, 0.05) is 10.9 Å². The molecule has 0 aromatic rings. The zero-order valence-corrected chi connectivity index (χ0v) is 9.25. The highest BCUT2D eigenvalue weighted by Crippen LogP contribution is 2.46. The van der Waals surface area contributed by atoms with Crippen molar-refractivity contribution < 1.29 is 9.90 Å². The van der Waals surface area contributed by atoms with Crippen LogP contribution in [0.1, 0.15) is 25.7 Å². The molecule has 3 atom stereocenters. The van der Waals surface area contributed by atoms with Crippen molar-refractivity contribution in [2.75, 3.05) is 7.05 Å². The zero-order valence-electron chi connectivity index (χ0n) is 7.66. The first-order valence-corrected chi connectivity index (χ1v) is 5.61. The van der Waals surface area contributed by atoms with Crippen LogP contribution in [0.15, 0.2) is 0 Å². The Hall–Kier alpha value is -0.0900. The van der Waals surface area contributed by atoms with Gasteiger partial charge in [0.1, 0.15) is 5.54 Å². The van der Waals surface area contributed by atoms with Crippen LogP contribution in [-0.2, 0) is 4.79 Å². The van der Waals surface area contributed by atoms with Crippen LogP contribution < -0.4 is 0 Å². The molecule has 2 rings (SSSR count). The van der Waals surface area contributed by atoms with Crippen LogP contribution >= 0.6 is 15.9 Å². The maximum atomic E-state index is 11.3. The van der Waals surface area contributed by atoms with E-state index in [1.165, 1.54) is 0 Å². The van der Waals surface area contributed by atoms with Gasteiger partial charge in [0.25, 0.3) is 0 Å². The highest BCUT2D eigenvalue weighted by Gasteiger charge is 2.56. The molecule has 0 aromatic carbocycles. The van der Waals surface area contributed by atoms with Gasteiger partial charge < -0.3 is 5.11 Å². The normalized spacial score (nSPS) is 45.1. The van der Waals surface area contributed by atoms with E-state index in [1.807, 2.05) is 7.05 Å². The van der Waals surface area contributed by atoms with Crippen molar-refractivity contribution in [2.45, 2.75) is 42.1 Å². The summed E-state index contributed by atoms with van der Waals surface area (Å²) in [4.78, 5) is 13.4. The molecule has 0 spiro atoms. The smallest absolute Gasteiger partial charge is 0.325 e. The molecule has 4 heteroatoms. The quantitative estimate of drug-likeness (QED) is 0.714. The predicted molar refractivity (Wildman–Crippen MR) is 53.1 cm³/mol. The molecule has 0 saturated carbocycles. The van der Waals surface area contributed by atoms with Crippen LogP contribution in [0.5, 0.6) is 0 Å². The molecule has 2 fully saturated rings. The van der Waals surface area contributed by atoms with Gasteiger partial charge in [0.2, 0.25) is 0 Å². The average Bonchev–Trinajstić information content (AvgIpc) is 2.27. The number of hydrogen-bond donors (Lipinski definition) is 1. The summed E-state index contributed by atoms with van der Waals surface area (Å²) in [5, 5.41) is 9.28. The highest BCUT2D eigenvalue weighted by atomic mass is 79.9. The molecule has 2 aliphatic heterocycles. The molecule has 1 N–H and O–H groups in total. The van der Waals surface area contributed by atoms with Crippen molar-refractivity contribution in [3.8, 4) is 0 Å². The lowest BCUT2D eigenvalue weighted by molar-refractivity contribution is -0.151. The molecule has 3 nitrogen and oxygen atoms in total. The highest BCUT2D eigenvalue weighted by molar-refractivity contribution is 9.09. The van der Waals surface area contributed by atoms with Crippen molar-refractivity contribution >= 4 is 21.9 Å². The summed E-state index contributed by atoms with van der Waals surface area (Å²) >= 11 is 3.52. The van der Waals surface area contributed by atoms with Gasteiger partial charge in [-0.05, 0) is 32.7 Å². The maximum Gasteiger partial charge on any atom is 0.325 e. The number of halogens is 1. The average molecular weight is 248 g/mol. The number of nitrogens with zero attached hydrogens (tertiary/aromatic N) is 1. The number of carboxylic acid groups (broad SMARTS) is 1. The van der Waals surface area contributed by atoms with E-state index in [1.54, 1.807) is 0 Å². The van der Waals surface area contributed by atoms with Crippen molar-refractivity contribution in [2.24, 2.45) is 0 Å². The summed E-state index contributed by atoms with van der Waals surface area (Å²) in [6.45, 7) is 0. The van der Waals surface area contributed by atoms with Gasteiger partial charge in [-0.2, -0.15) is 0 Å². The molecule has 2 aliphatic rings. The lowest BCUT2D eigenvalue weighted by Gasteiger charge is -2.42. The molecule has 2 heterocycles. The minimum atomic E-state index is -0.668. The Kier molecular flexibility index (Phi) is 2.15. The fraction of sp³-hybridized carbons (Fsp3) is 0.889. The van der Waals surface area contributed by atoms with Crippen molar-refractivity contribution in [1.29, 1.82) is 0 Å². The van der Waals surface area contributed by atoms with E-state index in [-0.39, 0.29) is 4.83 Å². The molecule has 0 radical (unpaired) electrons. The summed E-state index contributed by atoms with van der Waals surface area (Å²) in [5.74, 6) is -0.668. The number of alkyl halides is 1. The van der Waals surface area contributed by atoms with Crippen LogP contribution in [0.4, 0.5) is 0 Å². The predicted octanol–water partition coefficient (Wildman–Crippen LogP) is 1.46. The molecule has 2 saturated heterocycles. The fourth-order valence-electron chi connectivity index (χ4n) is 2.77. The van der Waals surface area contributed by atoms with Crippen molar-refractivity contribution in [1.82, 2.24) is 4.90 Å². The number of hydrogen-bond acceptors (Lipinski definition) is 2. The van der Waals surface area contributed by atoms with Gasteiger partial charge in [0.15, 0.2) is 0 Å². The third-order valence-electron chi connectivity index (χ3n) is 3.68. The van der Waals surface area contributed by atoms with Crippen LogP contribution in [0.2, 0.25) is 0 Å². The standard InChI is InChI=1S/C9H14BrNO2/c1-11-6-2-3-7(10)9(11,5-4-6)8(12)13/h6-7H,2-5H2,1H3,(H,12,13)/t6-,7?,9+/m1/s1. The summed E-state index contributed by atoms with van der Waals surface area (Å²) in [7, 11) is 1.94. The maximum absolute atomic E-state index is 11.3. The number of fused-ring (bicyclic) bond motifs is 2. The van der Waals surface area contributed by atoms with Gasteiger partial charge in [0.05, 0.1) is 0 Å². The number of carboxylic acids is 1. The lowest BCUT2D eigenvalue weighted by atomic mass is 9.89. The van der Waals surface area contributed by atoms with E-state index < -0.39 is 11.5 Å². The van der Waals surface area contributed by atoms with E-state index in [9.17, 15) is 9.90 Å². The van der Waals surface area contributed by atoms with Crippen LogP contribution in [0.25, 0.3) is 0 Å². The van der Waals surface area contributed by atoms with E-state index in [0.29, 0.717) is 6.04 Å². The Morgan fingerprint density at radius 1 is 1.54 bits per heavy atom. The Morgan fingerprint density at radius 2 is 2.23 bits per heavy atom. The first-order chi connectivity index (χ1) is 6.09. The van der Waals surface area contributed by atoms with Gasteiger partial charge in [-0.3, -0.25) is 9.69 Å². The second kappa shape index (κ2) is 2.95. The molecule has 13 heavy (non-hydrogen) atoms. The van der Waals surface area contributed by atoms with E-state index >= 15 is 0 Å². The third kappa shape index (κ3) is 1.08. The van der Waals surface area contributed by atoms with E-state index in [2.05, 4.69) is 20.8 Å². The molecule has 0 amide bonds. The first-order valence-electron chi connectivity index (χ1n) is 4.69. The van der Waals surface area contributed by atoms with Gasteiger partial charge in [-0.15, -0.1) is 0 Å². The Morgan fingerprint density at radius 3 is 2.77 bits per heavy atom. The lowest BCUT2D eigenvalue weighted by Crippen LogP contribution is -2.59. The SMILES string of the molecule is CN1[C@@H]2CCC(Br)[C@]1(C(=O)O)CC2. The number of aliphatic carboxylic acids is 1. The minimum absolute atomic E-state index is 0.112. The minimum Gasteiger partial charge on any atom is -0.480 e. The molecule has 1 unspecified atom stereocenters. The summed E-state index contributed by atoms with van der Waals surface area (Å²) in [6.07, 6.45) is 3.94. The Balaban J connectivity index is 2.37. The van der Waals surface area contributed by atoms with Gasteiger partial charge in [-0.1, -0.05) is 15.9 Å². The first kappa shape index (κ1) is 9.46. The third-order valence-corrected chi connectivity index (χ3v) is 4.89. The number of carbonyl (C=O) groups is 1. The van der Waals surface area contributed by atoms with E-state index in [0.717, 1.165) is 25.7 Å². The summed E-state index contributed by atoms with van der Waals surface area (Å²) < 4.78 is 0. The second-order valence-electron chi connectivity index (χ2n) is 4.08. The molecular weight excluding hydrogens is 234 g/mol. The summed E-state index contributed by atoms with van der Waals surface area (Å²) in [5.41, 5.74) is -0.622. The van der Waals surface area contributed by atoms with Gasteiger partial charge in [-0.25, -0.2) is 0 Å². The molecule has 0 aromatic heterocycles. The van der Waals surface area contributed by atoms with Crippen molar-refractivity contribution in [3.05, 3.63) is 0 Å². The number of rotatable bonds is 1. The molecule has 0 aliphatic carbocycles. The Bertz CT molecular complexity index is 246. The topological polar surface area (TPSA) is 40.5 Å².